The van der Waals surface area contributed by atoms with Crippen LogP contribution in [-0.2, 0) is 29.1 Å². The van der Waals surface area contributed by atoms with Gasteiger partial charge < -0.3 is 23.7 Å². The first-order valence-electron chi connectivity index (χ1n) is 12.8. The molecule has 0 bridgehead atoms. The van der Waals surface area contributed by atoms with E-state index in [1.165, 1.54) is 12.1 Å². The number of rotatable bonds is 12. The largest absolute Gasteiger partial charge is 0.573 e. The Kier molecular flexibility index (Phi) is 9.69. The van der Waals surface area contributed by atoms with Crippen molar-refractivity contribution in [3.8, 4) is 23.0 Å². The number of benzene rings is 3. The van der Waals surface area contributed by atoms with Gasteiger partial charge in [-0.15, -0.1) is 13.2 Å². The van der Waals surface area contributed by atoms with Gasteiger partial charge in [-0.2, -0.15) is 0 Å². The van der Waals surface area contributed by atoms with Crippen molar-refractivity contribution in [1.82, 2.24) is 9.88 Å². The second kappa shape index (κ2) is 13.6. The molecule has 9 nitrogen and oxygen atoms in total. The van der Waals surface area contributed by atoms with Gasteiger partial charge in [-0.05, 0) is 54.4 Å². The Morgan fingerprint density at radius 3 is 2.21 bits per heavy atom. The smallest absolute Gasteiger partial charge is 0.493 e. The van der Waals surface area contributed by atoms with E-state index in [0.29, 0.717) is 41.6 Å². The zero-order valence-electron chi connectivity index (χ0n) is 22.5. The van der Waals surface area contributed by atoms with Gasteiger partial charge in [0.15, 0.2) is 0 Å². The van der Waals surface area contributed by atoms with Crippen LogP contribution < -0.4 is 9.47 Å². The summed E-state index contributed by atoms with van der Waals surface area (Å²) in [5.41, 5.74) is 2.71. The van der Waals surface area contributed by atoms with E-state index in [0.717, 1.165) is 28.3 Å². The number of carbonyl (C=O) groups excluding carboxylic acids is 1. The minimum absolute atomic E-state index is 0.0514. The highest BCUT2D eigenvalue weighted by Gasteiger charge is 2.31. The molecule has 4 aromatic rings. The average molecular weight is 585 g/mol. The fourth-order valence-electron chi connectivity index (χ4n) is 3.91. The highest BCUT2D eigenvalue weighted by Crippen LogP contribution is 2.24. The average Bonchev–Trinajstić information content (AvgIpc) is 3.32. The van der Waals surface area contributed by atoms with Crippen molar-refractivity contribution in [2.75, 3.05) is 13.2 Å². The summed E-state index contributed by atoms with van der Waals surface area (Å²) in [6.45, 7) is 1.26. The number of aryl methyl sites for hydroxylation is 1. The number of oxazole rings is 1. The Balaban J connectivity index is 1.28. The summed E-state index contributed by atoms with van der Waals surface area (Å²) in [5.74, 6) is 0.187. The maximum Gasteiger partial charge on any atom is 0.573 e. The van der Waals surface area contributed by atoms with Crippen molar-refractivity contribution >= 4 is 12.1 Å². The lowest BCUT2D eigenvalue weighted by molar-refractivity contribution is -0.274. The molecule has 4 rings (SSSR count). The highest BCUT2D eigenvalue weighted by molar-refractivity contribution is 5.76. The lowest BCUT2D eigenvalue weighted by atomic mass is 10.2. The van der Waals surface area contributed by atoms with Crippen LogP contribution in [0.15, 0.2) is 83.3 Å². The third-order valence-electron chi connectivity index (χ3n) is 5.92. The molecule has 220 valence electrons. The van der Waals surface area contributed by atoms with E-state index in [-0.39, 0.29) is 13.2 Å². The van der Waals surface area contributed by atoms with Crippen molar-refractivity contribution in [3.05, 3.63) is 101 Å². The Morgan fingerprint density at radius 1 is 0.929 bits per heavy atom. The van der Waals surface area contributed by atoms with Gasteiger partial charge in [-0.25, -0.2) is 9.78 Å². The molecule has 0 atom stereocenters. The van der Waals surface area contributed by atoms with Crippen molar-refractivity contribution in [2.45, 2.75) is 32.9 Å². The minimum Gasteiger partial charge on any atom is -0.493 e. The number of carboxylic acid groups (broad SMARTS) is 1. The molecule has 0 radical (unpaired) electrons. The van der Waals surface area contributed by atoms with Gasteiger partial charge in [-0.3, -0.25) is 9.69 Å². The molecule has 1 N–H and O–H groups in total. The number of ether oxygens (including phenoxy) is 3. The van der Waals surface area contributed by atoms with Crippen molar-refractivity contribution in [1.29, 1.82) is 0 Å². The summed E-state index contributed by atoms with van der Waals surface area (Å²) >= 11 is 0. The summed E-state index contributed by atoms with van der Waals surface area (Å²) in [6.07, 6.45) is -5.19. The normalized spacial score (nSPS) is 11.1. The van der Waals surface area contributed by atoms with E-state index in [9.17, 15) is 27.9 Å². The fourth-order valence-corrected chi connectivity index (χ4v) is 3.91. The minimum atomic E-state index is -4.82. The molecule has 0 saturated heterocycles. The molecule has 0 aliphatic carbocycles. The molecule has 0 spiro atoms. The molecule has 42 heavy (non-hydrogen) atoms. The quantitative estimate of drug-likeness (QED) is 0.204. The number of aliphatic carboxylic acids is 1. The second-order valence-corrected chi connectivity index (χ2v) is 9.13. The molecule has 0 aliphatic rings. The number of carbonyl (C=O) groups is 2. The Morgan fingerprint density at radius 2 is 1.57 bits per heavy atom. The molecular formula is C30H27F3N2O7. The number of carboxylic acids is 1. The van der Waals surface area contributed by atoms with Crippen LogP contribution in [0, 0.1) is 6.92 Å². The van der Waals surface area contributed by atoms with Crippen LogP contribution >= 0.6 is 0 Å². The third-order valence-corrected chi connectivity index (χ3v) is 5.92. The number of hydrogen-bond donors (Lipinski definition) is 1. The van der Waals surface area contributed by atoms with Gasteiger partial charge in [0.1, 0.15) is 30.4 Å². The number of nitrogens with zero attached hydrogens (tertiary/aromatic N) is 2. The van der Waals surface area contributed by atoms with Gasteiger partial charge in [0.05, 0.1) is 12.3 Å². The maximum absolute atomic E-state index is 12.6. The van der Waals surface area contributed by atoms with Crippen molar-refractivity contribution in [2.24, 2.45) is 0 Å². The van der Waals surface area contributed by atoms with Gasteiger partial charge in [0, 0.05) is 18.5 Å². The number of hydrogen-bond acceptors (Lipinski definition) is 7. The van der Waals surface area contributed by atoms with Gasteiger partial charge in [-0.1, -0.05) is 42.5 Å². The van der Waals surface area contributed by atoms with E-state index in [1.54, 1.807) is 24.3 Å². The standard InChI is InChI=1S/C30H27F3N2O7/c1-20-26(34-28(41-20)23-5-3-2-4-6-23)15-16-39-24-11-7-21(8-12-24)17-35(18-27(36)37)29(38)40-19-22-9-13-25(14-10-22)42-30(31,32)33/h2-14H,15-19H2,1H3,(H,36,37). The topological polar surface area (TPSA) is 111 Å². The van der Waals surface area contributed by atoms with Crippen LogP contribution in [0.5, 0.6) is 11.5 Å². The van der Waals surface area contributed by atoms with Gasteiger partial charge >= 0.3 is 18.4 Å². The first kappa shape index (κ1) is 30.0. The fraction of sp³-hybridized carbons (Fsp3) is 0.233. The Labute approximate surface area is 239 Å². The first-order valence-corrected chi connectivity index (χ1v) is 12.8. The van der Waals surface area contributed by atoms with Gasteiger partial charge in [0.2, 0.25) is 5.89 Å². The molecular weight excluding hydrogens is 557 g/mol. The lowest BCUT2D eigenvalue weighted by Gasteiger charge is -2.20. The molecule has 0 unspecified atom stereocenters. The van der Waals surface area contributed by atoms with E-state index in [1.807, 2.05) is 37.3 Å². The van der Waals surface area contributed by atoms with E-state index < -0.39 is 30.7 Å². The molecule has 1 amide bonds. The first-order chi connectivity index (χ1) is 20.1. The summed E-state index contributed by atoms with van der Waals surface area (Å²) < 4.78 is 57.5. The number of amides is 1. The lowest BCUT2D eigenvalue weighted by Crippen LogP contribution is -2.35. The molecule has 0 saturated carbocycles. The molecule has 1 heterocycles. The maximum atomic E-state index is 12.6. The molecule has 0 aliphatic heterocycles. The van der Waals surface area contributed by atoms with Crippen LogP contribution in [0.1, 0.15) is 22.6 Å². The summed E-state index contributed by atoms with van der Waals surface area (Å²) in [6, 6.07) is 21.2. The summed E-state index contributed by atoms with van der Waals surface area (Å²) in [5, 5.41) is 9.25. The van der Waals surface area contributed by atoms with Crippen LogP contribution in [0.4, 0.5) is 18.0 Å². The summed E-state index contributed by atoms with van der Waals surface area (Å²) in [7, 11) is 0. The predicted molar refractivity (Wildman–Crippen MR) is 144 cm³/mol. The van der Waals surface area contributed by atoms with E-state index in [4.69, 9.17) is 13.9 Å². The van der Waals surface area contributed by atoms with Crippen molar-refractivity contribution in [3.63, 3.8) is 0 Å². The van der Waals surface area contributed by atoms with Gasteiger partial charge in [0.25, 0.3) is 0 Å². The van der Waals surface area contributed by atoms with E-state index >= 15 is 0 Å². The zero-order chi connectivity index (χ0) is 30.1. The Bertz CT molecular complexity index is 1470. The second-order valence-electron chi connectivity index (χ2n) is 9.13. The Hall–Kier alpha value is -5.00. The highest BCUT2D eigenvalue weighted by atomic mass is 19.4. The SMILES string of the molecule is Cc1oc(-c2ccccc2)nc1CCOc1ccc(CN(CC(=O)O)C(=O)OCc2ccc(OC(F)(F)F)cc2)cc1. The summed E-state index contributed by atoms with van der Waals surface area (Å²) in [4.78, 5) is 29.5. The molecule has 3 aromatic carbocycles. The van der Waals surface area contributed by atoms with Crippen molar-refractivity contribution < 1.29 is 46.5 Å². The number of alkyl halides is 3. The molecule has 12 heteroatoms. The van der Waals surface area contributed by atoms with Crippen LogP contribution in [0.25, 0.3) is 11.5 Å². The number of aromatic nitrogens is 1. The zero-order valence-corrected chi connectivity index (χ0v) is 22.5. The van der Waals surface area contributed by atoms with Crippen LogP contribution in [0.2, 0.25) is 0 Å². The van der Waals surface area contributed by atoms with E-state index in [2.05, 4.69) is 9.72 Å². The third kappa shape index (κ3) is 9.01. The van der Waals surface area contributed by atoms with Crippen LogP contribution in [0.3, 0.4) is 0 Å². The van der Waals surface area contributed by atoms with Crippen LogP contribution in [-0.4, -0.2) is 46.6 Å². The number of halogens is 3. The molecule has 0 fully saturated rings. The predicted octanol–water partition coefficient (Wildman–Crippen LogP) is 6.39. The molecule has 1 aromatic heterocycles. The monoisotopic (exact) mass is 584 g/mol.